The molecule has 28 heavy (non-hydrogen) atoms. The Bertz CT molecular complexity index is 866. The molecule has 0 radical (unpaired) electrons. The first kappa shape index (κ1) is 18.7. The quantitative estimate of drug-likeness (QED) is 0.797. The highest BCUT2D eigenvalue weighted by Crippen LogP contribution is 2.30. The molecule has 0 bridgehead atoms. The number of furan rings is 1. The normalized spacial score (nSPS) is 19.4. The van der Waals surface area contributed by atoms with Crippen LogP contribution in [0.25, 0.3) is 0 Å². The van der Waals surface area contributed by atoms with Crippen LogP contribution >= 0.6 is 0 Å². The molecule has 2 aromatic rings. The predicted molar refractivity (Wildman–Crippen MR) is 110 cm³/mol. The largest absolute Gasteiger partial charge is 0.455 e. The third-order valence-corrected chi connectivity index (χ3v) is 5.39. The Morgan fingerprint density at radius 1 is 1.11 bits per heavy atom. The van der Waals surface area contributed by atoms with Gasteiger partial charge in [0.05, 0.1) is 11.4 Å². The fourth-order valence-electron chi connectivity index (χ4n) is 3.75. The number of anilines is 1. The van der Waals surface area contributed by atoms with Crippen LogP contribution in [0.2, 0.25) is 0 Å². The van der Waals surface area contributed by atoms with Crippen molar-refractivity contribution < 1.29 is 9.21 Å². The lowest BCUT2D eigenvalue weighted by molar-refractivity contribution is 0.0634. The number of carbonyl (C=O) groups excluding carboxylic acids is 1. The van der Waals surface area contributed by atoms with E-state index in [-0.39, 0.29) is 5.91 Å². The maximum absolute atomic E-state index is 12.8. The van der Waals surface area contributed by atoms with Crippen LogP contribution in [0, 0.1) is 6.92 Å². The van der Waals surface area contributed by atoms with E-state index in [0.717, 1.165) is 73.7 Å². The summed E-state index contributed by atoms with van der Waals surface area (Å²) in [6, 6.07) is 9.87. The maximum atomic E-state index is 12.8. The van der Waals surface area contributed by atoms with E-state index in [1.54, 1.807) is 0 Å². The Labute approximate surface area is 165 Å². The SMILES string of the molecule is Cc1c(C(=O)NN2CCN(C)CC2)oc2c1/C(=N/Nc1ccccc1)CCC2. The Hall–Kier alpha value is -2.64. The Kier molecular flexibility index (Phi) is 5.45. The third-order valence-electron chi connectivity index (χ3n) is 5.39. The number of rotatable bonds is 4. The van der Waals surface area contributed by atoms with Gasteiger partial charge in [0, 0.05) is 43.7 Å². The summed E-state index contributed by atoms with van der Waals surface area (Å²) in [4.78, 5) is 15.1. The molecule has 0 spiro atoms. The highest BCUT2D eigenvalue weighted by atomic mass is 16.4. The second-order valence-electron chi connectivity index (χ2n) is 7.48. The van der Waals surface area contributed by atoms with Crippen molar-refractivity contribution in [3.63, 3.8) is 0 Å². The second-order valence-corrected chi connectivity index (χ2v) is 7.48. The lowest BCUT2D eigenvalue weighted by atomic mass is 9.93. The maximum Gasteiger partial charge on any atom is 0.301 e. The molecule has 7 nitrogen and oxygen atoms in total. The summed E-state index contributed by atoms with van der Waals surface area (Å²) >= 11 is 0. The number of para-hydroxylation sites is 1. The second kappa shape index (κ2) is 8.16. The first-order valence-corrected chi connectivity index (χ1v) is 9.86. The number of nitrogens with zero attached hydrogens (tertiary/aromatic N) is 3. The van der Waals surface area contributed by atoms with Crippen LogP contribution in [-0.4, -0.2) is 54.8 Å². The van der Waals surface area contributed by atoms with Gasteiger partial charge in [0.15, 0.2) is 5.76 Å². The first-order valence-electron chi connectivity index (χ1n) is 9.86. The van der Waals surface area contributed by atoms with Gasteiger partial charge in [-0.1, -0.05) is 18.2 Å². The zero-order valence-electron chi connectivity index (χ0n) is 16.5. The summed E-state index contributed by atoms with van der Waals surface area (Å²) < 4.78 is 5.99. The molecular formula is C21H27N5O2. The van der Waals surface area contributed by atoms with Crippen LogP contribution in [-0.2, 0) is 6.42 Å². The molecule has 0 saturated carbocycles. The van der Waals surface area contributed by atoms with Crippen molar-refractivity contribution in [1.29, 1.82) is 0 Å². The van der Waals surface area contributed by atoms with Crippen molar-refractivity contribution in [2.24, 2.45) is 5.10 Å². The topological polar surface area (TPSA) is 73.1 Å². The van der Waals surface area contributed by atoms with Gasteiger partial charge in [-0.05, 0) is 38.9 Å². The molecule has 1 saturated heterocycles. The predicted octanol–water partition coefficient (Wildman–Crippen LogP) is 2.63. The van der Waals surface area contributed by atoms with Gasteiger partial charge in [-0.15, -0.1) is 0 Å². The summed E-state index contributed by atoms with van der Waals surface area (Å²) in [6.45, 7) is 5.46. The monoisotopic (exact) mass is 381 g/mol. The Morgan fingerprint density at radius 2 is 1.86 bits per heavy atom. The number of hydrazine groups is 1. The number of hydrogen-bond acceptors (Lipinski definition) is 6. The van der Waals surface area contributed by atoms with Crippen LogP contribution in [0.5, 0.6) is 0 Å². The van der Waals surface area contributed by atoms with Crippen molar-refractivity contribution in [1.82, 2.24) is 15.3 Å². The molecule has 148 valence electrons. The zero-order chi connectivity index (χ0) is 19.5. The smallest absolute Gasteiger partial charge is 0.301 e. The van der Waals surface area contributed by atoms with Gasteiger partial charge in [0.25, 0.3) is 0 Å². The van der Waals surface area contributed by atoms with Gasteiger partial charge < -0.3 is 9.32 Å². The lowest BCUT2D eigenvalue weighted by Gasteiger charge is -2.32. The molecule has 1 aromatic carbocycles. The van der Waals surface area contributed by atoms with E-state index in [0.29, 0.717) is 5.76 Å². The number of fused-ring (bicyclic) bond motifs is 1. The van der Waals surface area contributed by atoms with Crippen molar-refractivity contribution in [3.05, 3.63) is 53.0 Å². The number of amides is 1. The van der Waals surface area contributed by atoms with Gasteiger partial charge in [-0.25, -0.2) is 5.01 Å². The molecule has 2 N–H and O–H groups in total. The van der Waals surface area contributed by atoms with Crippen LogP contribution in [0.15, 0.2) is 39.9 Å². The minimum atomic E-state index is -0.174. The standard InChI is InChI=1S/C21H27N5O2/c1-15-19-17(23-22-16-7-4-3-5-8-16)9-6-10-18(19)28-20(15)21(27)24-26-13-11-25(2)12-14-26/h3-5,7-8,22H,6,9-14H2,1-2H3,(H,24,27)/b23-17+. The molecule has 1 aromatic heterocycles. The number of piperazine rings is 1. The molecule has 1 aliphatic heterocycles. The average molecular weight is 381 g/mol. The molecule has 2 aliphatic rings. The van der Waals surface area contributed by atoms with Crippen LogP contribution in [0.1, 0.15) is 40.3 Å². The number of hydrazone groups is 1. The molecule has 4 rings (SSSR count). The van der Waals surface area contributed by atoms with Crippen molar-refractivity contribution in [3.8, 4) is 0 Å². The van der Waals surface area contributed by atoms with Gasteiger partial charge >= 0.3 is 5.91 Å². The zero-order valence-corrected chi connectivity index (χ0v) is 16.5. The van der Waals surface area contributed by atoms with Crippen LogP contribution in [0.3, 0.4) is 0 Å². The Morgan fingerprint density at radius 3 is 2.61 bits per heavy atom. The lowest BCUT2D eigenvalue weighted by Crippen LogP contribution is -2.52. The minimum absolute atomic E-state index is 0.174. The summed E-state index contributed by atoms with van der Waals surface area (Å²) in [5, 5.41) is 6.58. The number of nitrogens with one attached hydrogen (secondary N) is 2. The highest BCUT2D eigenvalue weighted by molar-refractivity contribution is 6.06. The first-order chi connectivity index (χ1) is 13.6. The fraction of sp³-hybridized carbons (Fsp3) is 0.429. The highest BCUT2D eigenvalue weighted by Gasteiger charge is 2.29. The van der Waals surface area contributed by atoms with E-state index in [9.17, 15) is 4.79 Å². The molecular weight excluding hydrogens is 354 g/mol. The van der Waals surface area contributed by atoms with Crippen LogP contribution in [0.4, 0.5) is 5.69 Å². The molecule has 7 heteroatoms. The number of likely N-dealkylation sites (N-methyl/N-ethyl adjacent to an activating group) is 1. The number of benzene rings is 1. The Balaban J connectivity index is 1.52. The van der Waals surface area contributed by atoms with E-state index in [4.69, 9.17) is 4.42 Å². The van der Waals surface area contributed by atoms with Gasteiger partial charge in [0.1, 0.15) is 5.76 Å². The number of hydrogen-bond donors (Lipinski definition) is 2. The molecule has 1 aliphatic carbocycles. The van der Waals surface area contributed by atoms with Gasteiger partial charge in [-0.3, -0.25) is 15.6 Å². The third kappa shape index (κ3) is 3.95. The molecule has 1 fully saturated rings. The minimum Gasteiger partial charge on any atom is -0.455 e. The summed E-state index contributed by atoms with van der Waals surface area (Å²) in [5.41, 5.74) is 9.87. The van der Waals surface area contributed by atoms with Gasteiger partial charge in [-0.2, -0.15) is 5.10 Å². The summed E-state index contributed by atoms with van der Waals surface area (Å²) in [6.07, 6.45) is 2.67. The summed E-state index contributed by atoms with van der Waals surface area (Å²) in [5.74, 6) is 1.09. The van der Waals surface area contributed by atoms with Crippen molar-refractivity contribution in [2.75, 3.05) is 38.7 Å². The molecule has 0 atom stereocenters. The molecule has 1 amide bonds. The van der Waals surface area contributed by atoms with E-state index in [2.05, 4.69) is 27.9 Å². The van der Waals surface area contributed by atoms with E-state index >= 15 is 0 Å². The molecule has 2 heterocycles. The number of aryl methyl sites for hydroxylation is 1. The van der Waals surface area contributed by atoms with E-state index in [1.807, 2.05) is 42.3 Å². The average Bonchev–Trinajstić information content (AvgIpc) is 3.06. The fourth-order valence-corrected chi connectivity index (χ4v) is 3.75. The van der Waals surface area contributed by atoms with Crippen LogP contribution < -0.4 is 10.9 Å². The van der Waals surface area contributed by atoms with Crippen molar-refractivity contribution in [2.45, 2.75) is 26.2 Å². The van der Waals surface area contributed by atoms with Gasteiger partial charge in [0.2, 0.25) is 0 Å². The van der Waals surface area contributed by atoms with E-state index < -0.39 is 0 Å². The van der Waals surface area contributed by atoms with E-state index in [1.165, 1.54) is 0 Å². The van der Waals surface area contributed by atoms with Crippen molar-refractivity contribution >= 4 is 17.3 Å². The summed E-state index contributed by atoms with van der Waals surface area (Å²) in [7, 11) is 2.09. The molecule has 0 unspecified atom stereocenters. The number of carbonyl (C=O) groups is 1.